The Hall–Kier alpha value is -12.1. The van der Waals surface area contributed by atoms with Crippen molar-refractivity contribution in [3.05, 3.63) is 256 Å². The first-order chi connectivity index (χ1) is 58.2. The van der Waals surface area contributed by atoms with Gasteiger partial charge >= 0.3 is 0 Å². The number of imidazole rings is 1. The Bertz CT molecular complexity index is 6760. The Morgan fingerprint density at radius 3 is 1.66 bits per heavy atom. The summed E-state index contributed by atoms with van der Waals surface area (Å²) in [4.78, 5) is 95.3. The summed E-state index contributed by atoms with van der Waals surface area (Å²) < 4.78 is 46.0. The highest BCUT2D eigenvalue weighted by molar-refractivity contribution is 7.18. The number of likely N-dealkylation sites (N-methyl/N-ethyl adjacent to an activating group) is 1. The molecule has 0 saturated carbocycles. The van der Waals surface area contributed by atoms with Crippen LogP contribution in [0.5, 0.6) is 11.5 Å². The number of aromatic nitrogens is 12. The van der Waals surface area contributed by atoms with E-state index in [1.807, 2.05) is 119 Å². The quantitative estimate of drug-likeness (QED) is 0.100. The lowest BCUT2D eigenvalue weighted by Gasteiger charge is -2.38. The number of anilines is 2. The van der Waals surface area contributed by atoms with Gasteiger partial charge in [-0.1, -0.05) is 24.3 Å². The van der Waals surface area contributed by atoms with Gasteiger partial charge in [0, 0.05) is 162 Å². The van der Waals surface area contributed by atoms with Gasteiger partial charge in [0.15, 0.2) is 23.0 Å². The van der Waals surface area contributed by atoms with Crippen LogP contribution in [-0.2, 0) is 9.47 Å². The first-order valence-electron chi connectivity index (χ1n) is 40.3. The summed E-state index contributed by atoms with van der Waals surface area (Å²) in [5.74, 6) is 0.794. The van der Waals surface area contributed by atoms with E-state index in [1.165, 1.54) is 23.3 Å². The molecule has 20 rings (SSSR count). The molecule has 26 nitrogen and oxygen atoms in total. The molecule has 0 radical (unpaired) electrons. The van der Waals surface area contributed by atoms with Crippen molar-refractivity contribution in [3.63, 3.8) is 0 Å². The molecular formula is C91H93FN18O8S2. The van der Waals surface area contributed by atoms with Crippen molar-refractivity contribution in [2.75, 3.05) is 137 Å². The molecule has 5 aliphatic rings. The smallest absolute Gasteiger partial charge is 0.258 e. The lowest BCUT2D eigenvalue weighted by Crippen LogP contribution is -2.50. The molecule has 0 spiro atoms. The summed E-state index contributed by atoms with van der Waals surface area (Å²) in [5.41, 5.74) is 18.5. The second-order valence-corrected chi connectivity index (χ2v) is 33.5. The zero-order valence-electron chi connectivity index (χ0n) is 68.5. The van der Waals surface area contributed by atoms with E-state index in [-0.39, 0.29) is 27.9 Å². The minimum absolute atomic E-state index is 0.0595. The number of nitrogens with zero attached hydrogens (tertiary/aromatic N) is 17. The summed E-state index contributed by atoms with van der Waals surface area (Å²) >= 11 is 3.31. The fourth-order valence-electron chi connectivity index (χ4n) is 16.1. The Labute approximate surface area is 699 Å². The lowest BCUT2D eigenvalue weighted by atomic mass is 9.98. The average molecular weight is 1650 g/mol. The van der Waals surface area contributed by atoms with Crippen molar-refractivity contribution in [3.8, 4) is 56.5 Å². The van der Waals surface area contributed by atoms with Crippen molar-refractivity contribution in [2.24, 2.45) is 0 Å². The normalized spacial score (nSPS) is 16.0. The molecule has 15 aromatic rings. The third-order valence-corrected chi connectivity index (χ3v) is 24.7. The van der Waals surface area contributed by atoms with Gasteiger partial charge in [-0.2, -0.15) is 0 Å². The van der Waals surface area contributed by atoms with E-state index in [0.29, 0.717) is 74.5 Å². The van der Waals surface area contributed by atoms with Gasteiger partial charge in [0.1, 0.15) is 22.6 Å². The maximum atomic E-state index is 14.5. The van der Waals surface area contributed by atoms with Crippen LogP contribution in [0.15, 0.2) is 196 Å². The highest BCUT2D eigenvalue weighted by Gasteiger charge is 2.29. The van der Waals surface area contributed by atoms with Crippen molar-refractivity contribution >= 4 is 93.9 Å². The largest absolute Gasteiger partial charge is 0.493 e. The lowest BCUT2D eigenvalue weighted by molar-refractivity contribution is -0.0612. The van der Waals surface area contributed by atoms with Gasteiger partial charge in [-0.05, 0) is 186 Å². The number of hydrogen-bond acceptors (Lipinski definition) is 23. The van der Waals surface area contributed by atoms with E-state index in [0.717, 1.165) is 192 Å². The summed E-state index contributed by atoms with van der Waals surface area (Å²) in [6, 6.07) is 40.3. The summed E-state index contributed by atoms with van der Waals surface area (Å²) in [7, 11) is 9.15. The van der Waals surface area contributed by atoms with Crippen LogP contribution < -0.4 is 46.8 Å². The van der Waals surface area contributed by atoms with Gasteiger partial charge < -0.3 is 43.4 Å². The van der Waals surface area contributed by atoms with Crippen LogP contribution in [0, 0.1) is 33.5 Å². The Kier molecular flexibility index (Phi) is 23.2. The minimum Gasteiger partial charge on any atom is -0.493 e. The molecule has 120 heavy (non-hydrogen) atoms. The number of halogens is 1. The number of hydrogen-bond donors (Lipinski definition) is 1. The molecule has 1 atom stereocenters. The van der Waals surface area contributed by atoms with Crippen LogP contribution in [0.4, 0.5) is 15.8 Å². The topological polar surface area (TPSA) is 246 Å². The van der Waals surface area contributed by atoms with Crippen LogP contribution in [0.2, 0.25) is 0 Å². The minimum atomic E-state index is -0.447. The zero-order valence-corrected chi connectivity index (χ0v) is 70.1. The number of pyridine rings is 5. The Morgan fingerprint density at radius 2 is 1.08 bits per heavy atom. The number of fused-ring (bicyclic) bond motifs is 7. The summed E-state index contributed by atoms with van der Waals surface area (Å²) in [6.45, 7) is 20.6. The van der Waals surface area contributed by atoms with Gasteiger partial charge in [0.25, 0.3) is 22.2 Å². The predicted octanol–water partition coefficient (Wildman–Crippen LogP) is 12.5. The molecule has 614 valence electrons. The molecule has 0 bridgehead atoms. The van der Waals surface area contributed by atoms with Crippen LogP contribution in [-0.4, -0.2) is 211 Å². The van der Waals surface area contributed by atoms with E-state index >= 15 is 0 Å². The first-order valence-corrected chi connectivity index (χ1v) is 41.9. The number of piperazine rings is 1. The molecule has 5 aliphatic heterocycles. The van der Waals surface area contributed by atoms with Gasteiger partial charge in [-0.15, -0.1) is 22.7 Å². The number of nitrogens with one attached hydrogen (secondary N) is 1. The monoisotopic (exact) mass is 1650 g/mol. The van der Waals surface area contributed by atoms with Crippen molar-refractivity contribution in [2.45, 2.75) is 59.0 Å². The fraction of sp³-hybridized carbons (Fsp3) is 0.308. The highest BCUT2D eigenvalue weighted by Crippen LogP contribution is 2.35. The van der Waals surface area contributed by atoms with Gasteiger partial charge in [-0.3, -0.25) is 46.6 Å². The Balaban J connectivity index is 0.000000114. The third kappa shape index (κ3) is 17.1. The molecule has 0 amide bonds. The number of benzene rings is 3. The third-order valence-electron chi connectivity index (χ3n) is 22.9. The van der Waals surface area contributed by atoms with Gasteiger partial charge in [0.2, 0.25) is 0 Å². The molecule has 0 aliphatic carbocycles. The van der Waals surface area contributed by atoms with Gasteiger partial charge in [-0.25, -0.2) is 39.3 Å². The van der Waals surface area contributed by atoms with Crippen molar-refractivity contribution < 1.29 is 23.3 Å². The number of rotatable bonds is 15. The van der Waals surface area contributed by atoms with Gasteiger partial charge in [0.05, 0.1) is 110 Å². The number of aryl methyl sites for hydroxylation is 4. The Morgan fingerprint density at radius 1 is 0.517 bits per heavy atom. The SMILES string of the molecule is COCCN1CCN(c2ccc3nc(-c4cc(F)c5nc(C)cn5c4)cc(=O)n3c2)CC1.COc1ccc(-c2cc(=O)n3cc(C4=CCN(C5COC5)CC4)cc(C)c3n2)cc1OC.Cc1nc2ccc(-c3cc(=O)n4cc(C5=CCNCC5)ccc4n3)cc2s1.Cc1nc2ccc(-c3cc(=O)n4cc(N5CC[C@H](N(C)C)C5)ccc4n3)cc2s1. The summed E-state index contributed by atoms with van der Waals surface area (Å²) in [6.07, 6.45) is 18.6. The van der Waals surface area contributed by atoms with Crippen LogP contribution in [0.1, 0.15) is 51.7 Å². The second kappa shape index (κ2) is 34.7. The van der Waals surface area contributed by atoms with Crippen LogP contribution in [0.3, 0.4) is 0 Å². The van der Waals surface area contributed by atoms with Crippen LogP contribution >= 0.6 is 22.7 Å². The second-order valence-electron chi connectivity index (χ2n) is 31.0. The molecule has 17 heterocycles. The molecule has 1 N–H and O–H groups in total. The van der Waals surface area contributed by atoms with Crippen molar-refractivity contribution in [1.82, 2.24) is 76.9 Å². The fourth-order valence-corrected chi connectivity index (χ4v) is 17.9. The average Bonchev–Trinajstić information content (AvgIpc) is 1.04. The number of thiazole rings is 2. The van der Waals surface area contributed by atoms with Crippen LogP contribution in [0.25, 0.3) is 105 Å². The molecule has 12 aromatic heterocycles. The molecular weight excluding hydrogens is 1560 g/mol. The predicted molar refractivity (Wildman–Crippen MR) is 474 cm³/mol. The highest BCUT2D eigenvalue weighted by atomic mass is 32.1. The standard InChI is InChI=1S/C25H27N3O4.C23H25FN6O2.C22H23N5OS.C21H18N4OS/c1-16-10-19(17-6-8-27(9-7-17)20-14-32-15-20)13-28-24(29)12-21(26-25(16)28)18-4-5-22(30-2)23(11-18)31-3;1-16-13-29-14-17(11-19(24)23(29)25-16)20-12-22(31)30-15-18(3-4-21(30)26-20)28-7-5-27(6-8-28)9-10-32-2;1-14-23-18-6-4-15(10-20(18)29-14)19-11-22(28)27-13-17(5-7-21(27)24-19)26-9-8-16(12-26)25(2)3;1-13-23-17-4-2-15(10-19(17)27-13)18-11-21(26)25-12-16(3-5-20(25)24-18)14-6-8-22-9-7-14/h4-6,10-13,20H,7-9,14-15H2,1-3H3;3-4,11-15H,5-10H2,1-2H3;4-7,10-11,13,16H,8-9,12H2,1-3H3;2-6,10-12,22H,7-9H2,1H3/t;;16-;/m..0./s1. The van der Waals surface area contributed by atoms with E-state index in [9.17, 15) is 23.6 Å². The number of ether oxygens (including phenoxy) is 4. The molecule has 29 heteroatoms. The van der Waals surface area contributed by atoms with E-state index in [4.69, 9.17) is 33.9 Å². The zero-order chi connectivity index (χ0) is 83.0. The molecule has 3 aromatic carbocycles. The van der Waals surface area contributed by atoms with E-state index in [1.54, 1.807) is 96.6 Å². The van der Waals surface area contributed by atoms with E-state index < -0.39 is 5.82 Å². The molecule has 3 saturated heterocycles. The maximum Gasteiger partial charge on any atom is 0.258 e. The molecule has 3 fully saturated rings. The summed E-state index contributed by atoms with van der Waals surface area (Å²) in [5, 5.41) is 5.38. The van der Waals surface area contributed by atoms with E-state index in [2.05, 4.69) is 106 Å². The maximum absolute atomic E-state index is 14.5. The van der Waals surface area contributed by atoms with Crippen molar-refractivity contribution in [1.29, 1.82) is 0 Å². The number of methoxy groups -OCH3 is 3. The first kappa shape index (κ1) is 80.4. The molecule has 0 unspecified atom stereocenters.